The van der Waals surface area contributed by atoms with Gasteiger partial charge in [-0.2, -0.15) is 0 Å². The summed E-state index contributed by atoms with van der Waals surface area (Å²) in [5, 5.41) is 22.0. The summed E-state index contributed by atoms with van der Waals surface area (Å²) in [5.41, 5.74) is -2.10. The van der Waals surface area contributed by atoms with Gasteiger partial charge in [-0.1, -0.05) is 0 Å². The molecule has 3 rings (SSSR count). The summed E-state index contributed by atoms with van der Waals surface area (Å²) in [6.07, 6.45) is 1.05. The average molecular weight is 382 g/mol. The molecule has 0 aromatic rings. The Morgan fingerprint density at radius 1 is 1.33 bits per heavy atom. The van der Waals surface area contributed by atoms with Crippen molar-refractivity contribution in [2.45, 2.75) is 70.1 Å². The standard InChI is InChI=1S/C19H26O8/c1-5-24-10-12-15-13(26-16(12)21)8-17(3)6-7-19(23,27-17)18(4,22)9-14(15)25-11(2)20/h8,14,22-23H,5-7,9-10H2,1-4H3. The smallest absolute Gasteiger partial charge is 0.342 e. The van der Waals surface area contributed by atoms with Crippen molar-refractivity contribution < 1.29 is 38.7 Å². The molecule has 3 aliphatic rings. The zero-order chi connectivity index (χ0) is 20.0. The topological polar surface area (TPSA) is 112 Å². The Morgan fingerprint density at radius 3 is 2.67 bits per heavy atom. The summed E-state index contributed by atoms with van der Waals surface area (Å²) >= 11 is 0. The number of hydrogen-bond donors (Lipinski definition) is 2. The minimum atomic E-state index is -1.82. The summed E-state index contributed by atoms with van der Waals surface area (Å²) in [7, 11) is 0. The first-order chi connectivity index (χ1) is 12.5. The molecule has 8 nitrogen and oxygen atoms in total. The van der Waals surface area contributed by atoms with Crippen molar-refractivity contribution in [2.75, 3.05) is 13.2 Å². The van der Waals surface area contributed by atoms with Gasteiger partial charge in [-0.3, -0.25) is 4.79 Å². The molecule has 0 radical (unpaired) electrons. The number of rotatable bonds is 4. The number of hydrogen-bond acceptors (Lipinski definition) is 8. The lowest BCUT2D eigenvalue weighted by Crippen LogP contribution is -2.54. The molecule has 1 fully saturated rings. The fraction of sp³-hybridized carbons (Fsp3) is 0.684. The fourth-order valence-electron chi connectivity index (χ4n) is 3.86. The molecule has 8 heteroatoms. The van der Waals surface area contributed by atoms with Crippen LogP contribution in [0.5, 0.6) is 0 Å². The van der Waals surface area contributed by atoms with Gasteiger partial charge in [0, 0.05) is 31.9 Å². The molecule has 1 saturated heterocycles. The predicted octanol–water partition coefficient (Wildman–Crippen LogP) is 1.10. The fourth-order valence-corrected chi connectivity index (χ4v) is 3.86. The third-order valence-corrected chi connectivity index (χ3v) is 5.34. The zero-order valence-electron chi connectivity index (χ0n) is 16.0. The highest BCUT2D eigenvalue weighted by atomic mass is 16.7. The molecule has 0 aromatic carbocycles. The van der Waals surface area contributed by atoms with Gasteiger partial charge in [0.05, 0.1) is 17.8 Å². The molecule has 0 amide bonds. The highest BCUT2D eigenvalue weighted by molar-refractivity contribution is 5.95. The highest BCUT2D eigenvalue weighted by Crippen LogP contribution is 2.49. The molecule has 0 aliphatic carbocycles. The highest BCUT2D eigenvalue weighted by Gasteiger charge is 2.58. The van der Waals surface area contributed by atoms with E-state index in [0.717, 1.165) is 0 Å². The van der Waals surface area contributed by atoms with Crippen LogP contribution in [0, 0.1) is 0 Å². The number of aliphatic hydroxyl groups is 2. The van der Waals surface area contributed by atoms with Crippen molar-refractivity contribution in [1.29, 1.82) is 0 Å². The molecule has 4 unspecified atom stereocenters. The van der Waals surface area contributed by atoms with E-state index in [1.165, 1.54) is 13.8 Å². The second kappa shape index (κ2) is 6.70. The summed E-state index contributed by atoms with van der Waals surface area (Å²) in [5.74, 6) is -2.77. The van der Waals surface area contributed by atoms with Crippen LogP contribution in [-0.2, 0) is 28.5 Å². The zero-order valence-corrected chi connectivity index (χ0v) is 16.0. The van der Waals surface area contributed by atoms with Gasteiger partial charge in [0.25, 0.3) is 0 Å². The van der Waals surface area contributed by atoms with Crippen LogP contribution < -0.4 is 0 Å². The molecule has 2 N–H and O–H groups in total. The molecule has 0 saturated carbocycles. The second-order valence-corrected chi connectivity index (χ2v) is 7.70. The first kappa shape index (κ1) is 20.0. The largest absolute Gasteiger partial charge is 0.457 e. The molecule has 2 bridgehead atoms. The molecular formula is C19H26O8. The second-order valence-electron chi connectivity index (χ2n) is 7.70. The lowest BCUT2D eigenvalue weighted by atomic mass is 9.82. The minimum absolute atomic E-state index is 0.0102. The first-order valence-electron chi connectivity index (χ1n) is 9.08. The quantitative estimate of drug-likeness (QED) is 0.696. The monoisotopic (exact) mass is 382 g/mol. The molecule has 27 heavy (non-hydrogen) atoms. The molecule has 0 aromatic heterocycles. The van der Waals surface area contributed by atoms with E-state index in [9.17, 15) is 19.8 Å². The lowest BCUT2D eigenvalue weighted by molar-refractivity contribution is -0.298. The maximum Gasteiger partial charge on any atom is 0.342 e. The van der Waals surface area contributed by atoms with Crippen molar-refractivity contribution in [3.8, 4) is 0 Å². The van der Waals surface area contributed by atoms with Crippen LogP contribution in [0.25, 0.3) is 0 Å². The van der Waals surface area contributed by atoms with Crippen LogP contribution in [0.1, 0.15) is 47.0 Å². The molecule has 4 atom stereocenters. The Balaban J connectivity index is 2.16. The summed E-state index contributed by atoms with van der Waals surface area (Å²) in [4.78, 5) is 24.1. The Kier molecular flexibility index (Phi) is 4.96. The van der Waals surface area contributed by atoms with Crippen LogP contribution >= 0.6 is 0 Å². The van der Waals surface area contributed by atoms with E-state index in [-0.39, 0.29) is 30.8 Å². The van der Waals surface area contributed by atoms with E-state index in [4.69, 9.17) is 18.9 Å². The van der Waals surface area contributed by atoms with Crippen LogP contribution in [-0.4, -0.2) is 58.5 Å². The number of ether oxygens (including phenoxy) is 4. The van der Waals surface area contributed by atoms with Gasteiger partial charge >= 0.3 is 11.9 Å². The van der Waals surface area contributed by atoms with Crippen LogP contribution in [0.3, 0.4) is 0 Å². The van der Waals surface area contributed by atoms with Gasteiger partial charge in [-0.15, -0.1) is 0 Å². The van der Waals surface area contributed by atoms with Gasteiger partial charge in [-0.05, 0) is 33.3 Å². The van der Waals surface area contributed by atoms with E-state index >= 15 is 0 Å². The van der Waals surface area contributed by atoms with Gasteiger partial charge in [0.2, 0.25) is 0 Å². The Labute approximate surface area is 157 Å². The van der Waals surface area contributed by atoms with Crippen molar-refractivity contribution in [1.82, 2.24) is 0 Å². The van der Waals surface area contributed by atoms with Gasteiger partial charge in [-0.25, -0.2) is 4.79 Å². The summed E-state index contributed by atoms with van der Waals surface area (Å²) < 4.78 is 22.1. The van der Waals surface area contributed by atoms with Gasteiger partial charge < -0.3 is 29.2 Å². The number of esters is 2. The molecular weight excluding hydrogens is 356 g/mol. The first-order valence-corrected chi connectivity index (χ1v) is 9.08. The number of fused-ring (bicyclic) bond motifs is 3. The minimum Gasteiger partial charge on any atom is -0.457 e. The summed E-state index contributed by atoms with van der Waals surface area (Å²) in [6, 6.07) is 0. The molecule has 0 spiro atoms. The number of carbonyl (C=O) groups excluding carboxylic acids is 2. The molecule has 3 aliphatic heterocycles. The average Bonchev–Trinajstić information content (AvgIpc) is 3.01. The maximum atomic E-state index is 12.4. The van der Waals surface area contributed by atoms with Crippen molar-refractivity contribution in [3.63, 3.8) is 0 Å². The SMILES string of the molecule is CCOCC1=C2C(=CC3(C)CCC(O)(O3)C(C)(O)CC2OC(C)=O)OC1=O. The van der Waals surface area contributed by atoms with E-state index < -0.39 is 35.0 Å². The lowest BCUT2D eigenvalue weighted by Gasteiger charge is -2.40. The molecule has 3 heterocycles. The van der Waals surface area contributed by atoms with E-state index in [1.54, 1.807) is 19.9 Å². The van der Waals surface area contributed by atoms with Crippen molar-refractivity contribution in [2.24, 2.45) is 0 Å². The predicted molar refractivity (Wildman–Crippen MR) is 92.2 cm³/mol. The summed E-state index contributed by atoms with van der Waals surface area (Å²) in [6.45, 7) is 6.59. The van der Waals surface area contributed by atoms with Crippen molar-refractivity contribution >= 4 is 11.9 Å². The number of carbonyl (C=O) groups is 2. The Bertz CT molecular complexity index is 721. The van der Waals surface area contributed by atoms with Crippen LogP contribution in [0.15, 0.2) is 23.0 Å². The Hall–Kier alpha value is -1.74. The van der Waals surface area contributed by atoms with Crippen LogP contribution in [0.4, 0.5) is 0 Å². The van der Waals surface area contributed by atoms with Gasteiger partial charge in [0.1, 0.15) is 17.5 Å². The van der Waals surface area contributed by atoms with E-state index in [0.29, 0.717) is 18.6 Å². The molecule has 150 valence electrons. The van der Waals surface area contributed by atoms with E-state index in [1.807, 2.05) is 0 Å². The van der Waals surface area contributed by atoms with E-state index in [2.05, 4.69) is 0 Å². The van der Waals surface area contributed by atoms with Gasteiger partial charge in [0.15, 0.2) is 5.79 Å². The maximum absolute atomic E-state index is 12.4. The van der Waals surface area contributed by atoms with Crippen molar-refractivity contribution in [3.05, 3.63) is 23.0 Å². The normalized spacial score (nSPS) is 38.5. The third-order valence-electron chi connectivity index (χ3n) is 5.34. The van der Waals surface area contributed by atoms with Crippen LogP contribution in [0.2, 0.25) is 0 Å². The third kappa shape index (κ3) is 3.54. The Morgan fingerprint density at radius 2 is 2.04 bits per heavy atom.